The summed E-state index contributed by atoms with van der Waals surface area (Å²) in [6.07, 6.45) is 0. The average Bonchev–Trinajstić information content (AvgIpc) is 3.49. The third kappa shape index (κ3) is 6.23. The molecule has 1 N–H and O–H groups in total. The van der Waals surface area contributed by atoms with Crippen LogP contribution >= 0.6 is 11.8 Å². The number of thioether (sulfide) groups is 1. The Hall–Kier alpha value is -3.59. The van der Waals surface area contributed by atoms with E-state index in [-0.39, 0.29) is 23.4 Å². The lowest BCUT2D eigenvalue weighted by Gasteiger charge is -2.05. The van der Waals surface area contributed by atoms with Crippen LogP contribution in [-0.4, -0.2) is 28.4 Å². The molecule has 9 heteroatoms. The van der Waals surface area contributed by atoms with E-state index in [1.54, 1.807) is 18.2 Å². The summed E-state index contributed by atoms with van der Waals surface area (Å²) < 4.78 is 29.6. The molecule has 0 fully saturated rings. The van der Waals surface area contributed by atoms with E-state index >= 15 is 0 Å². The molecule has 0 aliphatic heterocycles. The molecule has 0 aliphatic carbocycles. The van der Waals surface area contributed by atoms with E-state index in [1.807, 2.05) is 37.3 Å². The maximum atomic E-state index is 12.9. The zero-order valence-corrected chi connectivity index (χ0v) is 18.7. The second kappa shape index (κ2) is 10.8. The van der Waals surface area contributed by atoms with Crippen LogP contribution in [0.4, 0.5) is 4.39 Å². The molecule has 4 aromatic rings. The van der Waals surface area contributed by atoms with Crippen LogP contribution in [0.1, 0.15) is 18.2 Å². The Bertz CT molecular complexity index is 1210. The number of amides is 1. The maximum absolute atomic E-state index is 12.9. The summed E-state index contributed by atoms with van der Waals surface area (Å²) in [5.74, 6) is 3.00. The summed E-state index contributed by atoms with van der Waals surface area (Å²) in [6.45, 7) is 2.86. The molecule has 0 saturated carbocycles. The van der Waals surface area contributed by atoms with Crippen LogP contribution in [0.5, 0.6) is 5.75 Å². The van der Waals surface area contributed by atoms with Crippen LogP contribution in [0, 0.1) is 5.82 Å². The van der Waals surface area contributed by atoms with Gasteiger partial charge in [-0.2, -0.15) is 4.98 Å². The Morgan fingerprint density at radius 2 is 2.00 bits per heavy atom. The number of hydrogen-bond acceptors (Lipinski definition) is 7. The molecule has 4 rings (SSSR count). The lowest BCUT2D eigenvalue weighted by atomic mass is 10.2. The monoisotopic (exact) mass is 467 g/mol. The number of nitrogens with one attached hydrogen (secondary N) is 1. The molecule has 0 bridgehead atoms. The Labute approximate surface area is 194 Å². The smallest absolute Gasteiger partial charge is 0.293 e. The molecule has 0 radical (unpaired) electrons. The predicted molar refractivity (Wildman–Crippen MR) is 123 cm³/mol. The van der Waals surface area contributed by atoms with Crippen LogP contribution in [0.2, 0.25) is 0 Å². The van der Waals surface area contributed by atoms with Gasteiger partial charge >= 0.3 is 0 Å². The topological polar surface area (TPSA) is 90.4 Å². The van der Waals surface area contributed by atoms with Crippen molar-refractivity contribution >= 4 is 17.7 Å². The van der Waals surface area contributed by atoms with Gasteiger partial charge in [-0.05, 0) is 48.9 Å². The molecule has 33 heavy (non-hydrogen) atoms. The first-order valence-corrected chi connectivity index (χ1v) is 11.5. The van der Waals surface area contributed by atoms with Gasteiger partial charge in [0, 0.05) is 12.1 Å². The van der Waals surface area contributed by atoms with E-state index in [0.717, 1.165) is 16.9 Å². The summed E-state index contributed by atoms with van der Waals surface area (Å²) in [5.41, 5.74) is 1.62. The Kier molecular flexibility index (Phi) is 7.41. The van der Waals surface area contributed by atoms with Gasteiger partial charge in [0.15, 0.2) is 5.76 Å². The largest absolute Gasteiger partial charge is 0.494 e. The summed E-state index contributed by atoms with van der Waals surface area (Å²) in [7, 11) is 0. The van der Waals surface area contributed by atoms with Crippen LogP contribution in [0.15, 0.2) is 69.6 Å². The van der Waals surface area contributed by atoms with E-state index < -0.39 is 0 Å². The third-order valence-corrected chi connectivity index (χ3v) is 5.54. The normalized spacial score (nSPS) is 10.8. The van der Waals surface area contributed by atoms with E-state index in [2.05, 4.69) is 15.5 Å². The van der Waals surface area contributed by atoms with Gasteiger partial charge in [0.05, 0.1) is 18.1 Å². The maximum Gasteiger partial charge on any atom is 0.293 e. The summed E-state index contributed by atoms with van der Waals surface area (Å²) in [5, 5.41) is 6.84. The van der Waals surface area contributed by atoms with Gasteiger partial charge in [-0.25, -0.2) is 4.39 Å². The van der Waals surface area contributed by atoms with Gasteiger partial charge in [0.25, 0.3) is 5.89 Å². The molecule has 170 valence electrons. The Balaban J connectivity index is 1.27. The molecular formula is C24H22FN3O4S. The lowest BCUT2D eigenvalue weighted by Crippen LogP contribution is -2.24. The molecule has 7 nitrogen and oxygen atoms in total. The first kappa shape index (κ1) is 22.6. The highest BCUT2D eigenvalue weighted by molar-refractivity contribution is 7.99. The number of halogens is 1. The highest BCUT2D eigenvalue weighted by Gasteiger charge is 2.15. The van der Waals surface area contributed by atoms with Crippen LogP contribution < -0.4 is 10.1 Å². The molecule has 0 spiro atoms. The Morgan fingerprint density at radius 1 is 1.15 bits per heavy atom. The van der Waals surface area contributed by atoms with Gasteiger partial charge in [-0.1, -0.05) is 29.4 Å². The second-order valence-electron chi connectivity index (χ2n) is 7.05. The highest BCUT2D eigenvalue weighted by atomic mass is 32.2. The highest BCUT2D eigenvalue weighted by Crippen LogP contribution is 2.27. The van der Waals surface area contributed by atoms with Crippen molar-refractivity contribution in [2.45, 2.75) is 19.2 Å². The van der Waals surface area contributed by atoms with Crippen LogP contribution in [0.3, 0.4) is 0 Å². The summed E-state index contributed by atoms with van der Waals surface area (Å²) >= 11 is 1.42. The molecule has 0 saturated heterocycles. The number of ether oxygens (including phenoxy) is 1. The van der Waals surface area contributed by atoms with E-state index in [0.29, 0.717) is 36.2 Å². The molecule has 1 amide bonds. The van der Waals surface area contributed by atoms with Crippen molar-refractivity contribution in [2.24, 2.45) is 0 Å². The minimum absolute atomic E-state index is 0.105. The third-order valence-electron chi connectivity index (χ3n) is 4.58. The number of hydrogen-bond donors (Lipinski definition) is 1. The van der Waals surface area contributed by atoms with Gasteiger partial charge in [-0.3, -0.25) is 4.79 Å². The number of aromatic nitrogens is 2. The lowest BCUT2D eigenvalue weighted by molar-refractivity contribution is -0.118. The van der Waals surface area contributed by atoms with E-state index in [4.69, 9.17) is 13.7 Å². The van der Waals surface area contributed by atoms with Gasteiger partial charge < -0.3 is 19.0 Å². The number of furan rings is 1. The van der Waals surface area contributed by atoms with E-state index in [9.17, 15) is 9.18 Å². The van der Waals surface area contributed by atoms with Crippen molar-refractivity contribution in [2.75, 3.05) is 12.4 Å². The number of rotatable bonds is 10. The average molecular weight is 468 g/mol. The van der Waals surface area contributed by atoms with Crippen LogP contribution in [-0.2, 0) is 17.1 Å². The number of benzene rings is 2. The number of nitrogens with zero attached hydrogens (tertiary/aromatic N) is 2. The van der Waals surface area contributed by atoms with Gasteiger partial charge in [-0.15, -0.1) is 11.8 Å². The number of carbonyl (C=O) groups excluding carboxylic acids is 1. The molecule has 2 aromatic carbocycles. The predicted octanol–water partition coefficient (Wildman–Crippen LogP) is 5.08. The Morgan fingerprint density at radius 3 is 2.82 bits per heavy atom. The zero-order chi connectivity index (χ0) is 23.0. The first-order valence-electron chi connectivity index (χ1n) is 10.4. The first-order chi connectivity index (χ1) is 16.1. The summed E-state index contributed by atoms with van der Waals surface area (Å²) in [6, 6.07) is 17.1. The SMILES string of the molecule is CCOc1cccc(-c2noc(-c3ccc(CSCC(=O)NCc4ccc(F)cc4)o3)n2)c1. The fourth-order valence-corrected chi connectivity index (χ4v) is 3.75. The van der Waals surface area contributed by atoms with Crippen molar-refractivity contribution in [1.29, 1.82) is 0 Å². The molecule has 0 unspecified atom stereocenters. The standard InChI is InChI=1S/C24H22FN3O4S/c1-2-30-19-5-3-4-17(12-19)23-27-24(32-28-23)21-11-10-20(31-21)14-33-15-22(29)26-13-16-6-8-18(25)9-7-16/h3-12H,2,13-15H2,1H3,(H,26,29). The van der Waals surface area contributed by atoms with Crippen molar-refractivity contribution < 1.29 is 22.9 Å². The minimum Gasteiger partial charge on any atom is -0.494 e. The molecule has 2 heterocycles. The molecule has 0 aliphatic rings. The van der Waals surface area contributed by atoms with Gasteiger partial charge in [0.1, 0.15) is 17.3 Å². The quantitative estimate of drug-likeness (QED) is 0.348. The van der Waals surface area contributed by atoms with E-state index in [1.165, 1.54) is 23.9 Å². The molecular weight excluding hydrogens is 445 g/mol. The van der Waals surface area contributed by atoms with Crippen LogP contribution in [0.25, 0.3) is 23.0 Å². The van der Waals surface area contributed by atoms with Crippen molar-refractivity contribution in [3.05, 3.63) is 77.8 Å². The van der Waals surface area contributed by atoms with Crippen molar-refractivity contribution in [1.82, 2.24) is 15.5 Å². The summed E-state index contributed by atoms with van der Waals surface area (Å²) in [4.78, 5) is 16.4. The minimum atomic E-state index is -0.300. The molecule has 2 aromatic heterocycles. The van der Waals surface area contributed by atoms with Crippen molar-refractivity contribution in [3.63, 3.8) is 0 Å². The fourth-order valence-electron chi connectivity index (χ4n) is 3.00. The van der Waals surface area contributed by atoms with Gasteiger partial charge in [0.2, 0.25) is 11.7 Å². The van der Waals surface area contributed by atoms with Crippen molar-refractivity contribution in [3.8, 4) is 28.8 Å². The fraction of sp³-hybridized carbons (Fsp3) is 0.208. The second-order valence-corrected chi connectivity index (χ2v) is 8.03. The molecule has 0 atom stereocenters. The zero-order valence-electron chi connectivity index (χ0n) is 17.9. The number of carbonyl (C=O) groups is 1.